The van der Waals surface area contributed by atoms with Gasteiger partial charge in [-0.25, -0.2) is 0 Å². The molecule has 0 fully saturated rings. The standard InChI is InChI=1S/C14H14ClN3S/c1-9(10-2-4-11(15)5-3-10)18-12-6-7-13(14(16)19)17-8-12/h2-9,18H,1H3,(H2,16,19). The summed E-state index contributed by atoms with van der Waals surface area (Å²) in [7, 11) is 0. The van der Waals surface area contributed by atoms with Gasteiger partial charge in [-0.1, -0.05) is 36.0 Å². The lowest BCUT2D eigenvalue weighted by atomic mass is 10.1. The number of nitrogens with one attached hydrogen (secondary N) is 1. The molecule has 0 amide bonds. The first-order valence-corrected chi connectivity index (χ1v) is 6.63. The summed E-state index contributed by atoms with van der Waals surface area (Å²) in [5.74, 6) is 0. The smallest absolute Gasteiger partial charge is 0.122 e. The van der Waals surface area contributed by atoms with Crippen molar-refractivity contribution in [3.05, 3.63) is 58.9 Å². The van der Waals surface area contributed by atoms with E-state index >= 15 is 0 Å². The van der Waals surface area contributed by atoms with Crippen molar-refractivity contribution >= 4 is 34.5 Å². The van der Waals surface area contributed by atoms with Crippen LogP contribution in [0.3, 0.4) is 0 Å². The molecule has 3 N–H and O–H groups in total. The summed E-state index contributed by atoms with van der Waals surface area (Å²) in [5.41, 5.74) is 8.21. The van der Waals surface area contributed by atoms with Crippen LogP contribution in [0.15, 0.2) is 42.6 Å². The van der Waals surface area contributed by atoms with E-state index in [0.29, 0.717) is 10.7 Å². The summed E-state index contributed by atoms with van der Waals surface area (Å²) in [4.78, 5) is 4.49. The highest BCUT2D eigenvalue weighted by molar-refractivity contribution is 7.80. The monoisotopic (exact) mass is 291 g/mol. The van der Waals surface area contributed by atoms with E-state index in [0.717, 1.165) is 16.3 Å². The average Bonchev–Trinajstić information content (AvgIpc) is 2.40. The van der Waals surface area contributed by atoms with Crippen molar-refractivity contribution in [1.29, 1.82) is 0 Å². The quantitative estimate of drug-likeness (QED) is 0.846. The van der Waals surface area contributed by atoms with E-state index in [1.165, 1.54) is 0 Å². The fourth-order valence-electron chi connectivity index (χ4n) is 1.71. The zero-order valence-electron chi connectivity index (χ0n) is 10.4. The third-order valence-corrected chi connectivity index (χ3v) is 3.23. The van der Waals surface area contributed by atoms with Gasteiger partial charge in [-0.2, -0.15) is 0 Å². The van der Waals surface area contributed by atoms with E-state index in [4.69, 9.17) is 29.6 Å². The van der Waals surface area contributed by atoms with E-state index in [1.54, 1.807) is 12.3 Å². The number of thiocarbonyl (C=S) groups is 1. The van der Waals surface area contributed by atoms with E-state index in [1.807, 2.05) is 30.3 Å². The fourth-order valence-corrected chi connectivity index (χ4v) is 1.96. The van der Waals surface area contributed by atoms with Gasteiger partial charge in [0, 0.05) is 11.1 Å². The van der Waals surface area contributed by atoms with Crippen LogP contribution in [0.5, 0.6) is 0 Å². The Balaban J connectivity index is 2.08. The summed E-state index contributed by atoms with van der Waals surface area (Å²) in [6.07, 6.45) is 1.72. The number of benzene rings is 1. The van der Waals surface area contributed by atoms with Gasteiger partial charge >= 0.3 is 0 Å². The number of halogens is 1. The van der Waals surface area contributed by atoms with Crippen molar-refractivity contribution in [2.24, 2.45) is 5.73 Å². The van der Waals surface area contributed by atoms with Crippen molar-refractivity contribution in [1.82, 2.24) is 4.98 Å². The lowest BCUT2D eigenvalue weighted by Gasteiger charge is -2.15. The second-order valence-electron chi connectivity index (χ2n) is 4.21. The summed E-state index contributed by atoms with van der Waals surface area (Å²) >= 11 is 10.7. The maximum Gasteiger partial charge on any atom is 0.122 e. The molecule has 0 radical (unpaired) electrons. The van der Waals surface area contributed by atoms with Crippen molar-refractivity contribution in [3.63, 3.8) is 0 Å². The maximum absolute atomic E-state index is 5.87. The predicted molar refractivity (Wildman–Crippen MR) is 83.6 cm³/mol. The minimum absolute atomic E-state index is 0.162. The highest BCUT2D eigenvalue weighted by Gasteiger charge is 2.06. The normalized spacial score (nSPS) is 11.9. The van der Waals surface area contributed by atoms with E-state index in [9.17, 15) is 0 Å². The molecule has 3 nitrogen and oxygen atoms in total. The Morgan fingerprint density at radius 3 is 2.47 bits per heavy atom. The first-order chi connectivity index (χ1) is 9.06. The molecule has 98 valence electrons. The van der Waals surface area contributed by atoms with Gasteiger partial charge in [-0.05, 0) is 36.8 Å². The summed E-state index contributed by atoms with van der Waals surface area (Å²) in [6.45, 7) is 2.07. The zero-order chi connectivity index (χ0) is 13.8. The number of anilines is 1. The first kappa shape index (κ1) is 13.8. The molecule has 5 heteroatoms. The zero-order valence-corrected chi connectivity index (χ0v) is 12.0. The van der Waals surface area contributed by atoms with Crippen LogP contribution in [0.2, 0.25) is 5.02 Å². The van der Waals surface area contributed by atoms with E-state index in [-0.39, 0.29) is 6.04 Å². The fraction of sp³-hybridized carbons (Fsp3) is 0.143. The van der Waals surface area contributed by atoms with Crippen molar-refractivity contribution in [3.8, 4) is 0 Å². The second-order valence-corrected chi connectivity index (χ2v) is 5.09. The van der Waals surface area contributed by atoms with Crippen molar-refractivity contribution in [2.75, 3.05) is 5.32 Å². The largest absolute Gasteiger partial charge is 0.388 e. The number of rotatable bonds is 4. The highest BCUT2D eigenvalue weighted by Crippen LogP contribution is 2.20. The van der Waals surface area contributed by atoms with Crippen LogP contribution >= 0.6 is 23.8 Å². The molecule has 0 aliphatic heterocycles. The van der Waals surface area contributed by atoms with Crippen LogP contribution in [-0.2, 0) is 0 Å². The lowest BCUT2D eigenvalue weighted by Crippen LogP contribution is -2.12. The molecule has 1 aromatic carbocycles. The summed E-state index contributed by atoms with van der Waals surface area (Å²) in [5, 5.41) is 4.09. The number of nitrogens with two attached hydrogens (primary N) is 1. The number of aromatic nitrogens is 1. The Bertz CT molecular complexity index is 566. The average molecular weight is 292 g/mol. The number of nitrogens with zero attached hydrogens (tertiary/aromatic N) is 1. The van der Waals surface area contributed by atoms with Gasteiger partial charge in [0.25, 0.3) is 0 Å². The molecule has 0 spiro atoms. The van der Waals surface area contributed by atoms with Crippen LogP contribution in [0, 0.1) is 0 Å². The van der Waals surface area contributed by atoms with Crippen molar-refractivity contribution < 1.29 is 0 Å². The van der Waals surface area contributed by atoms with Crippen LogP contribution < -0.4 is 11.1 Å². The van der Waals surface area contributed by atoms with Crippen LogP contribution in [0.4, 0.5) is 5.69 Å². The summed E-state index contributed by atoms with van der Waals surface area (Å²) < 4.78 is 0. The molecule has 1 unspecified atom stereocenters. The van der Waals surface area contributed by atoms with Crippen molar-refractivity contribution in [2.45, 2.75) is 13.0 Å². The summed E-state index contributed by atoms with van der Waals surface area (Å²) in [6, 6.07) is 11.6. The van der Waals surface area contributed by atoms with E-state index < -0.39 is 0 Å². The van der Waals surface area contributed by atoms with Gasteiger partial charge in [0.15, 0.2) is 0 Å². The van der Waals surface area contributed by atoms with Crippen LogP contribution in [0.1, 0.15) is 24.2 Å². The Morgan fingerprint density at radius 1 is 1.26 bits per heavy atom. The Hall–Kier alpha value is -1.65. The minimum atomic E-state index is 0.162. The van der Waals surface area contributed by atoms with E-state index in [2.05, 4.69) is 17.2 Å². The molecule has 0 saturated carbocycles. The Labute approximate surface area is 122 Å². The molecule has 0 saturated heterocycles. The SMILES string of the molecule is CC(Nc1ccc(C(N)=S)nc1)c1ccc(Cl)cc1. The predicted octanol–water partition coefficient (Wildman–Crippen LogP) is 3.54. The second kappa shape index (κ2) is 5.99. The number of hydrogen-bond acceptors (Lipinski definition) is 3. The molecular formula is C14H14ClN3S. The van der Waals surface area contributed by atoms with Crippen LogP contribution in [-0.4, -0.2) is 9.97 Å². The Kier molecular flexibility index (Phi) is 4.35. The number of hydrogen-bond donors (Lipinski definition) is 2. The third-order valence-electron chi connectivity index (χ3n) is 2.77. The molecule has 2 aromatic rings. The van der Waals surface area contributed by atoms with Crippen LogP contribution in [0.25, 0.3) is 0 Å². The molecule has 1 atom stereocenters. The topological polar surface area (TPSA) is 50.9 Å². The van der Waals surface area contributed by atoms with Gasteiger partial charge in [-0.3, -0.25) is 4.98 Å². The molecular weight excluding hydrogens is 278 g/mol. The van der Waals surface area contributed by atoms with Gasteiger partial charge in [0.05, 0.1) is 17.6 Å². The molecule has 0 bridgehead atoms. The molecule has 1 aromatic heterocycles. The van der Waals surface area contributed by atoms with Gasteiger partial charge in [0.1, 0.15) is 4.99 Å². The lowest BCUT2D eigenvalue weighted by molar-refractivity contribution is 0.883. The highest BCUT2D eigenvalue weighted by atomic mass is 35.5. The maximum atomic E-state index is 5.87. The molecule has 19 heavy (non-hydrogen) atoms. The van der Waals surface area contributed by atoms with Gasteiger partial charge in [-0.15, -0.1) is 0 Å². The molecule has 0 aliphatic carbocycles. The number of pyridine rings is 1. The molecule has 0 aliphatic rings. The third kappa shape index (κ3) is 3.66. The Morgan fingerprint density at radius 2 is 1.95 bits per heavy atom. The first-order valence-electron chi connectivity index (χ1n) is 5.84. The van der Waals surface area contributed by atoms with Gasteiger partial charge in [0.2, 0.25) is 0 Å². The van der Waals surface area contributed by atoms with Gasteiger partial charge < -0.3 is 11.1 Å². The minimum Gasteiger partial charge on any atom is -0.388 e. The molecule has 2 rings (SSSR count). The molecule has 1 heterocycles.